The fourth-order valence-electron chi connectivity index (χ4n) is 1.47. The predicted molar refractivity (Wildman–Crippen MR) is 72.9 cm³/mol. The Balaban J connectivity index is 2.09. The van der Waals surface area contributed by atoms with Crippen molar-refractivity contribution in [1.82, 2.24) is 4.98 Å². The van der Waals surface area contributed by atoms with Gasteiger partial charge in [-0.15, -0.1) is 0 Å². The van der Waals surface area contributed by atoms with Crippen LogP contribution in [0.15, 0.2) is 36.4 Å². The molecule has 0 unspecified atom stereocenters. The number of hydrogen-bond donors (Lipinski definition) is 1. The van der Waals surface area contributed by atoms with Gasteiger partial charge in [0.25, 0.3) is 0 Å². The van der Waals surface area contributed by atoms with E-state index in [0.717, 1.165) is 11.4 Å². The monoisotopic (exact) mass is 282 g/mol. The predicted octanol–water partition coefficient (Wildman–Crippen LogP) is 3.43. The summed E-state index contributed by atoms with van der Waals surface area (Å²) in [6.45, 7) is 0.736. The summed E-state index contributed by atoms with van der Waals surface area (Å²) < 4.78 is 5.58. The number of halogens is 2. The first kappa shape index (κ1) is 13.1. The van der Waals surface area contributed by atoms with E-state index in [9.17, 15) is 0 Å². The molecule has 5 heteroatoms. The average molecular weight is 283 g/mol. The molecule has 0 aliphatic heterocycles. The van der Waals surface area contributed by atoms with Gasteiger partial charge < -0.3 is 10.5 Å². The van der Waals surface area contributed by atoms with Crippen molar-refractivity contribution in [3.8, 4) is 5.75 Å². The summed E-state index contributed by atoms with van der Waals surface area (Å²) in [5.41, 5.74) is 7.16. The fraction of sp³-hybridized carbons (Fsp3) is 0.154. The lowest BCUT2D eigenvalue weighted by molar-refractivity contribution is 0.301. The molecule has 1 heterocycles. The molecule has 0 amide bonds. The molecule has 0 radical (unpaired) electrons. The molecule has 0 bridgehead atoms. The Morgan fingerprint density at radius 3 is 2.56 bits per heavy atom. The van der Waals surface area contributed by atoms with Gasteiger partial charge in [-0.2, -0.15) is 0 Å². The first-order chi connectivity index (χ1) is 8.70. The van der Waals surface area contributed by atoms with Gasteiger partial charge in [-0.3, -0.25) is 4.98 Å². The van der Waals surface area contributed by atoms with Crippen molar-refractivity contribution in [3.63, 3.8) is 0 Å². The van der Waals surface area contributed by atoms with Crippen molar-refractivity contribution in [3.05, 3.63) is 57.8 Å². The Morgan fingerprint density at radius 2 is 1.78 bits per heavy atom. The SMILES string of the molecule is NCc1cccc(COc2cccc(Cl)c2Cl)n1. The Labute approximate surface area is 115 Å². The van der Waals surface area contributed by atoms with E-state index in [1.165, 1.54) is 0 Å². The van der Waals surface area contributed by atoms with Crippen molar-refractivity contribution in [2.24, 2.45) is 5.73 Å². The maximum absolute atomic E-state index is 6.02. The third-order valence-corrected chi connectivity index (χ3v) is 3.17. The number of pyridine rings is 1. The Kier molecular flexibility index (Phi) is 4.42. The van der Waals surface area contributed by atoms with Crippen LogP contribution in [0.25, 0.3) is 0 Å². The molecular formula is C13H12Cl2N2O. The zero-order valence-corrected chi connectivity index (χ0v) is 11.1. The summed E-state index contributed by atoms with van der Waals surface area (Å²) in [5, 5.41) is 0.881. The van der Waals surface area contributed by atoms with Crippen LogP contribution in [0, 0.1) is 0 Å². The normalized spacial score (nSPS) is 10.4. The standard InChI is InChI=1S/C13H12Cl2N2O/c14-11-5-2-6-12(13(11)15)18-8-10-4-1-3-9(7-16)17-10/h1-6H,7-8,16H2. The van der Waals surface area contributed by atoms with E-state index in [1.54, 1.807) is 18.2 Å². The van der Waals surface area contributed by atoms with Crippen molar-refractivity contribution < 1.29 is 4.74 Å². The smallest absolute Gasteiger partial charge is 0.140 e. The maximum Gasteiger partial charge on any atom is 0.140 e. The number of rotatable bonds is 4. The second-order valence-corrected chi connectivity index (χ2v) is 4.45. The van der Waals surface area contributed by atoms with Crippen LogP contribution in [-0.4, -0.2) is 4.98 Å². The molecule has 0 aliphatic carbocycles. The number of aromatic nitrogens is 1. The number of ether oxygens (including phenoxy) is 1. The maximum atomic E-state index is 6.02. The summed E-state index contributed by atoms with van der Waals surface area (Å²) in [6.07, 6.45) is 0. The van der Waals surface area contributed by atoms with E-state index in [0.29, 0.717) is 28.9 Å². The summed E-state index contributed by atoms with van der Waals surface area (Å²) in [6, 6.07) is 10.9. The van der Waals surface area contributed by atoms with Gasteiger partial charge in [0.05, 0.1) is 16.4 Å². The fourth-order valence-corrected chi connectivity index (χ4v) is 1.82. The molecule has 0 saturated heterocycles. The van der Waals surface area contributed by atoms with E-state index in [1.807, 2.05) is 18.2 Å². The highest BCUT2D eigenvalue weighted by Crippen LogP contribution is 2.31. The largest absolute Gasteiger partial charge is 0.486 e. The second kappa shape index (κ2) is 6.05. The van der Waals surface area contributed by atoms with Gasteiger partial charge in [-0.25, -0.2) is 0 Å². The third kappa shape index (κ3) is 3.13. The van der Waals surface area contributed by atoms with E-state index in [-0.39, 0.29) is 0 Å². The van der Waals surface area contributed by atoms with Crippen LogP contribution in [0.5, 0.6) is 5.75 Å². The lowest BCUT2D eigenvalue weighted by Gasteiger charge is -2.09. The first-order valence-electron chi connectivity index (χ1n) is 5.42. The van der Waals surface area contributed by atoms with Crippen molar-refractivity contribution in [2.45, 2.75) is 13.2 Å². The van der Waals surface area contributed by atoms with E-state index in [2.05, 4.69) is 4.98 Å². The summed E-state index contributed by atoms with van der Waals surface area (Å²) in [7, 11) is 0. The molecule has 1 aromatic heterocycles. The van der Waals surface area contributed by atoms with Crippen LogP contribution in [0.3, 0.4) is 0 Å². The molecule has 3 nitrogen and oxygen atoms in total. The summed E-state index contributed by atoms with van der Waals surface area (Å²) >= 11 is 11.9. The zero-order chi connectivity index (χ0) is 13.0. The van der Waals surface area contributed by atoms with Crippen LogP contribution in [0.4, 0.5) is 0 Å². The van der Waals surface area contributed by atoms with Crippen LogP contribution in [-0.2, 0) is 13.2 Å². The minimum Gasteiger partial charge on any atom is -0.486 e. The number of hydrogen-bond acceptors (Lipinski definition) is 3. The third-order valence-electron chi connectivity index (χ3n) is 2.37. The van der Waals surface area contributed by atoms with E-state index in [4.69, 9.17) is 33.7 Å². The van der Waals surface area contributed by atoms with Crippen molar-refractivity contribution in [1.29, 1.82) is 0 Å². The molecule has 0 spiro atoms. The van der Waals surface area contributed by atoms with Crippen molar-refractivity contribution >= 4 is 23.2 Å². The highest BCUT2D eigenvalue weighted by Gasteiger charge is 2.06. The molecular weight excluding hydrogens is 271 g/mol. The van der Waals surface area contributed by atoms with Gasteiger partial charge in [0, 0.05) is 6.54 Å². The van der Waals surface area contributed by atoms with E-state index >= 15 is 0 Å². The minimum atomic E-state index is 0.327. The summed E-state index contributed by atoms with van der Waals surface area (Å²) in [4.78, 5) is 4.33. The van der Waals surface area contributed by atoms with Crippen molar-refractivity contribution in [2.75, 3.05) is 0 Å². The van der Waals surface area contributed by atoms with Gasteiger partial charge in [0.1, 0.15) is 17.4 Å². The summed E-state index contributed by atoms with van der Waals surface area (Å²) in [5.74, 6) is 0.545. The molecule has 2 rings (SSSR count). The first-order valence-corrected chi connectivity index (χ1v) is 6.18. The molecule has 1 aromatic carbocycles. The molecule has 94 valence electrons. The van der Waals surface area contributed by atoms with Crippen LogP contribution >= 0.6 is 23.2 Å². The Morgan fingerprint density at radius 1 is 1.06 bits per heavy atom. The number of nitrogens with two attached hydrogens (primary N) is 1. The Hall–Kier alpha value is -1.29. The molecule has 0 saturated carbocycles. The van der Waals surface area contributed by atoms with Crippen LogP contribution < -0.4 is 10.5 Å². The molecule has 2 N–H and O–H groups in total. The van der Waals surface area contributed by atoms with Gasteiger partial charge in [0.2, 0.25) is 0 Å². The minimum absolute atomic E-state index is 0.327. The lowest BCUT2D eigenvalue weighted by Crippen LogP contribution is -2.04. The zero-order valence-electron chi connectivity index (χ0n) is 9.57. The molecule has 0 aliphatic rings. The molecule has 0 fully saturated rings. The van der Waals surface area contributed by atoms with Gasteiger partial charge in [-0.1, -0.05) is 35.3 Å². The van der Waals surface area contributed by atoms with Crippen LogP contribution in [0.2, 0.25) is 10.0 Å². The van der Waals surface area contributed by atoms with Gasteiger partial charge >= 0.3 is 0 Å². The average Bonchev–Trinajstić information content (AvgIpc) is 2.41. The van der Waals surface area contributed by atoms with E-state index < -0.39 is 0 Å². The lowest BCUT2D eigenvalue weighted by atomic mass is 10.3. The number of nitrogens with zero attached hydrogens (tertiary/aromatic N) is 1. The van der Waals surface area contributed by atoms with Gasteiger partial charge in [0.15, 0.2) is 0 Å². The number of benzene rings is 1. The molecule has 18 heavy (non-hydrogen) atoms. The highest BCUT2D eigenvalue weighted by atomic mass is 35.5. The topological polar surface area (TPSA) is 48.1 Å². The van der Waals surface area contributed by atoms with Gasteiger partial charge in [-0.05, 0) is 24.3 Å². The quantitative estimate of drug-likeness (QED) is 0.935. The molecule has 2 aromatic rings. The highest BCUT2D eigenvalue weighted by molar-refractivity contribution is 6.42. The van der Waals surface area contributed by atoms with Crippen LogP contribution in [0.1, 0.15) is 11.4 Å². The molecule has 0 atom stereocenters. The Bertz CT molecular complexity index is 546. The second-order valence-electron chi connectivity index (χ2n) is 3.67.